The highest BCUT2D eigenvalue weighted by Crippen LogP contribution is 2.28. The number of nitrogens with one attached hydrogen (secondary N) is 1. The van der Waals surface area contributed by atoms with Crippen LogP contribution in [0.3, 0.4) is 0 Å². The van der Waals surface area contributed by atoms with Crippen molar-refractivity contribution in [1.82, 2.24) is 5.32 Å². The molecule has 1 rings (SSSR count). The normalized spacial score (nSPS) is 18.9. The summed E-state index contributed by atoms with van der Waals surface area (Å²) in [5.41, 5.74) is -3.07. The number of hydrogen-bond donors (Lipinski definition) is 1. The second-order valence-electron chi connectivity index (χ2n) is 7.58. The molecule has 1 unspecified atom stereocenters. The number of rotatable bonds is 4. The Bertz CT molecular complexity index is 421. The van der Waals surface area contributed by atoms with Crippen molar-refractivity contribution in [2.75, 3.05) is 13.2 Å². The number of ether oxygens (including phenoxy) is 3. The van der Waals surface area contributed by atoms with Crippen molar-refractivity contribution in [2.45, 2.75) is 70.9 Å². The quantitative estimate of drug-likeness (QED) is 0.805. The molecule has 7 heteroatoms. The third-order valence-electron chi connectivity index (χ3n) is 2.67. The third kappa shape index (κ3) is 6.60. The van der Waals surface area contributed by atoms with Gasteiger partial charge in [-0.1, -0.05) is 0 Å². The molecule has 1 saturated heterocycles. The van der Waals surface area contributed by atoms with Crippen molar-refractivity contribution < 1.29 is 28.2 Å². The van der Waals surface area contributed by atoms with Gasteiger partial charge in [0.05, 0.1) is 13.2 Å². The summed E-state index contributed by atoms with van der Waals surface area (Å²) >= 11 is 0. The first-order valence-corrected chi connectivity index (χ1v) is 7.29. The van der Waals surface area contributed by atoms with Crippen molar-refractivity contribution >= 4 is 12.1 Å². The first kappa shape index (κ1) is 18.7. The molecule has 0 aromatic heterocycles. The number of carbonyl (C=O) groups is 2. The summed E-state index contributed by atoms with van der Waals surface area (Å²) < 4.78 is 29.4. The molecule has 0 saturated carbocycles. The van der Waals surface area contributed by atoms with E-state index in [0.29, 0.717) is 0 Å². The van der Waals surface area contributed by atoms with Crippen LogP contribution in [-0.4, -0.2) is 48.2 Å². The van der Waals surface area contributed by atoms with E-state index in [-0.39, 0.29) is 19.6 Å². The number of hydrogen-bond acceptors (Lipinski definition) is 5. The average Bonchev–Trinajstić information content (AvgIpc) is 2.20. The highest BCUT2D eigenvalue weighted by atomic mass is 19.1. The Hall–Kier alpha value is -1.37. The lowest BCUT2D eigenvalue weighted by Gasteiger charge is -2.36. The zero-order chi connectivity index (χ0) is 17.2. The Morgan fingerprint density at radius 2 is 1.64 bits per heavy atom. The van der Waals surface area contributed by atoms with Gasteiger partial charge in [0.1, 0.15) is 17.2 Å². The maximum atomic E-state index is 14.2. The second kappa shape index (κ2) is 6.40. The number of alkyl carbamates (subject to hydrolysis) is 1. The van der Waals surface area contributed by atoms with Crippen LogP contribution in [0.5, 0.6) is 0 Å². The summed E-state index contributed by atoms with van der Waals surface area (Å²) in [6.45, 7) is 10.0. The third-order valence-corrected chi connectivity index (χ3v) is 2.67. The summed E-state index contributed by atoms with van der Waals surface area (Å²) in [7, 11) is 0. The molecule has 128 valence electrons. The number of alkyl halides is 1. The maximum absolute atomic E-state index is 14.2. The summed E-state index contributed by atoms with van der Waals surface area (Å²) in [5, 5.41) is 2.39. The van der Waals surface area contributed by atoms with Crippen LogP contribution < -0.4 is 5.32 Å². The average molecular weight is 319 g/mol. The van der Waals surface area contributed by atoms with Gasteiger partial charge >= 0.3 is 12.1 Å². The highest BCUT2D eigenvalue weighted by molar-refractivity contribution is 5.81. The Labute approximate surface area is 130 Å². The van der Waals surface area contributed by atoms with Gasteiger partial charge in [-0.05, 0) is 41.5 Å². The molecule has 1 heterocycles. The monoisotopic (exact) mass is 319 g/mol. The molecule has 1 amide bonds. The van der Waals surface area contributed by atoms with E-state index < -0.39 is 35.0 Å². The van der Waals surface area contributed by atoms with Crippen molar-refractivity contribution in [1.29, 1.82) is 0 Å². The largest absolute Gasteiger partial charge is 0.458 e. The van der Waals surface area contributed by atoms with E-state index in [1.54, 1.807) is 41.5 Å². The first-order valence-electron chi connectivity index (χ1n) is 7.29. The zero-order valence-electron chi connectivity index (χ0n) is 14.1. The van der Waals surface area contributed by atoms with Crippen molar-refractivity contribution in [3.8, 4) is 0 Å². The number of esters is 1. The standard InChI is InChI=1S/C15H26FNO5/c1-13(2,3)21-11(18)10(7-15(16)8-20-9-15)17-12(19)22-14(4,5)6/h10H,7-9H2,1-6H3,(H,17,19). The van der Waals surface area contributed by atoms with Crippen molar-refractivity contribution in [3.05, 3.63) is 0 Å². The van der Waals surface area contributed by atoms with Gasteiger partial charge < -0.3 is 19.5 Å². The van der Waals surface area contributed by atoms with E-state index in [9.17, 15) is 14.0 Å². The van der Waals surface area contributed by atoms with Gasteiger partial charge in [-0.3, -0.25) is 0 Å². The summed E-state index contributed by atoms with van der Waals surface area (Å²) in [4.78, 5) is 24.0. The van der Waals surface area contributed by atoms with Crippen LogP contribution in [0, 0.1) is 0 Å². The Morgan fingerprint density at radius 3 is 2.00 bits per heavy atom. The van der Waals surface area contributed by atoms with Crippen LogP contribution in [0.25, 0.3) is 0 Å². The van der Waals surface area contributed by atoms with Crippen LogP contribution in [0.4, 0.5) is 9.18 Å². The lowest BCUT2D eigenvalue weighted by atomic mass is 9.95. The molecule has 6 nitrogen and oxygen atoms in total. The minimum atomic E-state index is -1.63. The highest BCUT2D eigenvalue weighted by Gasteiger charge is 2.44. The minimum Gasteiger partial charge on any atom is -0.458 e. The Balaban J connectivity index is 2.73. The number of carbonyl (C=O) groups excluding carboxylic acids is 2. The molecule has 0 bridgehead atoms. The van der Waals surface area contributed by atoms with Crippen LogP contribution in [0.2, 0.25) is 0 Å². The smallest absolute Gasteiger partial charge is 0.408 e. The molecular weight excluding hydrogens is 293 g/mol. The van der Waals surface area contributed by atoms with Gasteiger partial charge in [0.15, 0.2) is 5.67 Å². The van der Waals surface area contributed by atoms with Crippen molar-refractivity contribution in [3.63, 3.8) is 0 Å². The predicted molar refractivity (Wildman–Crippen MR) is 78.3 cm³/mol. The zero-order valence-corrected chi connectivity index (χ0v) is 14.1. The van der Waals surface area contributed by atoms with E-state index >= 15 is 0 Å². The summed E-state index contributed by atoms with van der Waals surface area (Å²) in [6, 6.07) is -1.12. The van der Waals surface area contributed by atoms with Gasteiger partial charge in [0.25, 0.3) is 0 Å². The van der Waals surface area contributed by atoms with E-state index in [2.05, 4.69) is 5.32 Å². The lowest BCUT2D eigenvalue weighted by molar-refractivity contribution is -0.166. The first-order chi connectivity index (χ1) is 9.80. The Kier molecular flexibility index (Phi) is 5.43. The molecule has 1 fully saturated rings. The van der Waals surface area contributed by atoms with Crippen molar-refractivity contribution in [2.24, 2.45) is 0 Å². The van der Waals surface area contributed by atoms with Gasteiger partial charge in [-0.2, -0.15) is 0 Å². The Morgan fingerprint density at radius 1 is 1.14 bits per heavy atom. The second-order valence-corrected chi connectivity index (χ2v) is 7.58. The fourth-order valence-electron chi connectivity index (χ4n) is 1.82. The number of amides is 1. The predicted octanol–water partition coefficient (Wildman–Crippen LogP) is 2.35. The van der Waals surface area contributed by atoms with Gasteiger partial charge in [0.2, 0.25) is 0 Å². The minimum absolute atomic E-state index is 0.0949. The van der Waals surface area contributed by atoms with Gasteiger partial charge in [-0.15, -0.1) is 0 Å². The molecule has 0 aliphatic carbocycles. The van der Waals surface area contributed by atoms with E-state index in [4.69, 9.17) is 14.2 Å². The van der Waals surface area contributed by atoms with Crippen LogP contribution in [0.1, 0.15) is 48.0 Å². The molecular formula is C15H26FNO5. The molecule has 1 aliphatic heterocycles. The summed E-state index contributed by atoms with van der Waals surface area (Å²) in [5.74, 6) is -0.692. The molecule has 0 aromatic rings. The molecule has 1 atom stereocenters. The molecule has 0 radical (unpaired) electrons. The maximum Gasteiger partial charge on any atom is 0.408 e. The molecule has 0 aromatic carbocycles. The van der Waals surface area contributed by atoms with Crippen LogP contribution in [-0.2, 0) is 19.0 Å². The van der Waals surface area contributed by atoms with Gasteiger partial charge in [-0.25, -0.2) is 14.0 Å². The lowest BCUT2D eigenvalue weighted by Crippen LogP contribution is -2.54. The SMILES string of the molecule is CC(C)(C)OC(=O)NC(CC1(F)COC1)C(=O)OC(C)(C)C. The van der Waals surface area contributed by atoms with E-state index in [1.165, 1.54) is 0 Å². The van der Waals surface area contributed by atoms with Crippen LogP contribution in [0.15, 0.2) is 0 Å². The van der Waals surface area contributed by atoms with Crippen LogP contribution >= 0.6 is 0 Å². The fourth-order valence-corrected chi connectivity index (χ4v) is 1.82. The molecule has 1 N–H and O–H groups in total. The molecule has 0 spiro atoms. The molecule has 22 heavy (non-hydrogen) atoms. The fraction of sp³-hybridized carbons (Fsp3) is 0.867. The van der Waals surface area contributed by atoms with Gasteiger partial charge in [0, 0.05) is 6.42 Å². The summed E-state index contributed by atoms with van der Waals surface area (Å²) in [6.07, 6.45) is -0.992. The number of halogens is 1. The molecule has 1 aliphatic rings. The topological polar surface area (TPSA) is 73.9 Å². The van der Waals surface area contributed by atoms with E-state index in [0.717, 1.165) is 0 Å². The van der Waals surface area contributed by atoms with E-state index in [1.807, 2.05) is 0 Å².